The Bertz CT molecular complexity index is 672. The van der Waals surface area contributed by atoms with Gasteiger partial charge in [-0.2, -0.15) is 15.0 Å². The third kappa shape index (κ3) is 3.63. The van der Waals surface area contributed by atoms with Gasteiger partial charge in [0.15, 0.2) is 12.0 Å². The molecule has 2 atom stereocenters. The van der Waals surface area contributed by atoms with E-state index in [2.05, 4.69) is 26.8 Å². The van der Waals surface area contributed by atoms with Crippen molar-refractivity contribution >= 4 is 17.6 Å². The van der Waals surface area contributed by atoms with Gasteiger partial charge in [-0.25, -0.2) is 4.39 Å². The fourth-order valence-electron chi connectivity index (χ4n) is 3.08. The summed E-state index contributed by atoms with van der Waals surface area (Å²) in [4.78, 5) is 14.7. The smallest absolute Gasteiger partial charge is 0.235 e. The van der Waals surface area contributed by atoms with Crippen molar-refractivity contribution in [2.45, 2.75) is 51.7 Å². The van der Waals surface area contributed by atoms with Crippen molar-refractivity contribution in [1.82, 2.24) is 15.0 Å². The summed E-state index contributed by atoms with van der Waals surface area (Å²) in [5, 5.41) is 0. The van der Waals surface area contributed by atoms with E-state index < -0.39 is 6.17 Å². The van der Waals surface area contributed by atoms with Crippen LogP contribution in [0.15, 0.2) is 30.3 Å². The maximum atomic E-state index is 13.8. The number of para-hydroxylation sites is 1. The van der Waals surface area contributed by atoms with Crippen LogP contribution in [0, 0.1) is 5.92 Å². The molecule has 1 aromatic heterocycles. The fraction of sp³-hybridized carbons (Fsp3) is 0.500. The molecule has 2 N–H and O–H groups in total. The van der Waals surface area contributed by atoms with E-state index in [1.807, 2.05) is 30.3 Å². The lowest BCUT2D eigenvalue weighted by molar-refractivity contribution is 0.355. The van der Waals surface area contributed by atoms with Gasteiger partial charge in [-0.05, 0) is 44.2 Å². The van der Waals surface area contributed by atoms with Crippen LogP contribution in [-0.4, -0.2) is 21.0 Å². The summed E-state index contributed by atoms with van der Waals surface area (Å²) in [6.45, 7) is 3.59. The quantitative estimate of drug-likeness (QED) is 0.824. The van der Waals surface area contributed by atoms with Crippen LogP contribution in [0.3, 0.4) is 0 Å². The largest absolute Gasteiger partial charge is 0.368 e. The van der Waals surface area contributed by atoms with E-state index in [0.717, 1.165) is 18.5 Å². The van der Waals surface area contributed by atoms with E-state index in [1.54, 1.807) is 0 Å². The zero-order valence-corrected chi connectivity index (χ0v) is 14.2. The molecule has 0 saturated heterocycles. The van der Waals surface area contributed by atoms with Crippen molar-refractivity contribution in [3.63, 3.8) is 0 Å². The molecule has 0 spiro atoms. The van der Waals surface area contributed by atoms with Gasteiger partial charge < -0.3 is 10.6 Å². The van der Waals surface area contributed by atoms with Crippen LogP contribution in [0.4, 0.5) is 22.0 Å². The van der Waals surface area contributed by atoms with Gasteiger partial charge >= 0.3 is 0 Å². The van der Waals surface area contributed by atoms with Gasteiger partial charge in [0.25, 0.3) is 0 Å². The van der Waals surface area contributed by atoms with Gasteiger partial charge in [0.2, 0.25) is 11.9 Å². The first-order valence-electron chi connectivity index (χ1n) is 8.60. The molecule has 2 unspecified atom stereocenters. The number of nitrogens with zero attached hydrogens (tertiary/aromatic N) is 4. The molecule has 5 nitrogen and oxygen atoms in total. The highest BCUT2D eigenvalue weighted by molar-refractivity contribution is 5.59. The van der Waals surface area contributed by atoms with Crippen molar-refractivity contribution in [1.29, 1.82) is 0 Å². The lowest BCUT2D eigenvalue weighted by atomic mass is 10.0. The van der Waals surface area contributed by atoms with Crippen molar-refractivity contribution in [2.75, 3.05) is 10.6 Å². The third-order valence-electron chi connectivity index (χ3n) is 4.35. The van der Waals surface area contributed by atoms with Crippen molar-refractivity contribution in [3.05, 3.63) is 36.2 Å². The van der Waals surface area contributed by atoms with Crippen LogP contribution in [0.5, 0.6) is 0 Å². The van der Waals surface area contributed by atoms with Crippen LogP contribution < -0.4 is 10.6 Å². The van der Waals surface area contributed by atoms with Crippen LogP contribution in [0.2, 0.25) is 0 Å². The monoisotopic (exact) mass is 329 g/mol. The molecule has 0 bridgehead atoms. The molecule has 1 fully saturated rings. The van der Waals surface area contributed by atoms with Crippen LogP contribution >= 0.6 is 0 Å². The number of hydrogen-bond acceptors (Lipinski definition) is 5. The van der Waals surface area contributed by atoms with Crippen molar-refractivity contribution in [3.8, 4) is 0 Å². The number of nitrogen functional groups attached to an aromatic ring is 1. The first-order valence-corrected chi connectivity index (χ1v) is 8.60. The van der Waals surface area contributed by atoms with Crippen molar-refractivity contribution < 1.29 is 4.39 Å². The minimum Gasteiger partial charge on any atom is -0.368 e. The normalized spacial score (nSPS) is 16.6. The number of benzene rings is 1. The van der Waals surface area contributed by atoms with Gasteiger partial charge in [0.05, 0.1) is 0 Å². The van der Waals surface area contributed by atoms with E-state index in [4.69, 9.17) is 5.73 Å². The molecule has 2 aromatic rings. The highest BCUT2D eigenvalue weighted by Crippen LogP contribution is 2.41. The second-order valence-corrected chi connectivity index (χ2v) is 6.37. The van der Waals surface area contributed by atoms with Gasteiger partial charge in [-0.3, -0.25) is 0 Å². The van der Waals surface area contributed by atoms with Gasteiger partial charge in [-0.1, -0.05) is 31.5 Å². The summed E-state index contributed by atoms with van der Waals surface area (Å²) in [5.74, 6) is 1.21. The molecule has 1 aliphatic rings. The summed E-state index contributed by atoms with van der Waals surface area (Å²) >= 11 is 0. The summed E-state index contributed by atoms with van der Waals surface area (Å²) in [7, 11) is 0. The van der Waals surface area contributed by atoms with E-state index >= 15 is 0 Å². The molecule has 128 valence electrons. The number of halogens is 1. The first kappa shape index (κ1) is 16.6. The Kier molecular flexibility index (Phi) is 4.92. The summed E-state index contributed by atoms with van der Waals surface area (Å²) in [6, 6.07) is 10.3. The van der Waals surface area contributed by atoms with Crippen molar-refractivity contribution in [2.24, 2.45) is 5.92 Å². The average Bonchev–Trinajstić information content (AvgIpc) is 3.40. The number of anilines is 3. The minimum atomic E-state index is -1.28. The average molecular weight is 329 g/mol. The van der Waals surface area contributed by atoms with E-state index in [9.17, 15) is 4.39 Å². The molecule has 1 aromatic carbocycles. The molecular weight excluding hydrogens is 305 g/mol. The van der Waals surface area contributed by atoms with E-state index in [0.29, 0.717) is 17.9 Å². The Morgan fingerprint density at radius 1 is 1.21 bits per heavy atom. The number of alkyl halides is 1. The van der Waals surface area contributed by atoms with Gasteiger partial charge in [0.1, 0.15) is 0 Å². The maximum absolute atomic E-state index is 13.8. The van der Waals surface area contributed by atoms with E-state index in [1.165, 1.54) is 19.8 Å². The molecule has 3 rings (SSSR count). The predicted molar refractivity (Wildman–Crippen MR) is 93.8 cm³/mol. The zero-order chi connectivity index (χ0) is 17.1. The minimum absolute atomic E-state index is 0.0616. The molecular formula is C18H24FN5. The molecule has 1 saturated carbocycles. The second-order valence-electron chi connectivity index (χ2n) is 6.37. The summed E-state index contributed by atoms with van der Waals surface area (Å²) in [5.41, 5.74) is 6.83. The molecule has 0 radical (unpaired) electrons. The Hall–Kier alpha value is -2.24. The van der Waals surface area contributed by atoms with Crippen LogP contribution in [0.25, 0.3) is 0 Å². The number of nitrogens with two attached hydrogens (primary N) is 1. The highest BCUT2D eigenvalue weighted by atomic mass is 19.1. The Balaban J connectivity index is 2.07. The SMILES string of the molecule is CCCC(C1CC1)N(c1ccccc1)c1nc(N)nc(C(C)F)n1. The standard InChI is InChI=1S/C18H24FN5/c1-3-7-15(13-10-11-13)24(14-8-5-4-6-9-14)18-22-16(12(2)19)21-17(20)23-18/h4-6,8-9,12-13,15H,3,7,10-11H2,1-2H3,(H2,20,21,22,23). The molecule has 0 amide bonds. The third-order valence-corrected chi connectivity index (χ3v) is 4.35. The molecule has 6 heteroatoms. The summed E-state index contributed by atoms with van der Waals surface area (Å²) < 4.78 is 13.8. The Morgan fingerprint density at radius 3 is 2.50 bits per heavy atom. The topological polar surface area (TPSA) is 67.9 Å². The predicted octanol–water partition coefficient (Wildman–Crippen LogP) is 4.20. The van der Waals surface area contributed by atoms with Gasteiger partial charge in [-0.15, -0.1) is 0 Å². The molecule has 1 heterocycles. The first-order chi connectivity index (χ1) is 11.6. The molecule has 0 aliphatic heterocycles. The van der Waals surface area contributed by atoms with Crippen LogP contribution in [-0.2, 0) is 0 Å². The maximum Gasteiger partial charge on any atom is 0.235 e. The zero-order valence-electron chi connectivity index (χ0n) is 14.2. The molecule has 24 heavy (non-hydrogen) atoms. The Morgan fingerprint density at radius 2 is 1.92 bits per heavy atom. The van der Waals surface area contributed by atoms with Gasteiger partial charge in [0, 0.05) is 11.7 Å². The van der Waals surface area contributed by atoms with Crippen LogP contribution in [0.1, 0.15) is 51.5 Å². The van der Waals surface area contributed by atoms with E-state index in [-0.39, 0.29) is 11.8 Å². The summed E-state index contributed by atoms with van der Waals surface area (Å²) in [6.07, 6.45) is 3.24. The second kappa shape index (κ2) is 7.11. The number of aromatic nitrogens is 3. The Labute approximate surface area is 142 Å². The number of rotatable bonds is 7. The lowest BCUT2D eigenvalue weighted by Crippen LogP contribution is -2.35. The molecule has 1 aliphatic carbocycles. The lowest BCUT2D eigenvalue weighted by Gasteiger charge is -2.32. The number of hydrogen-bond donors (Lipinski definition) is 1. The highest BCUT2D eigenvalue weighted by Gasteiger charge is 2.37. The fourth-order valence-corrected chi connectivity index (χ4v) is 3.08.